The summed E-state index contributed by atoms with van der Waals surface area (Å²) in [7, 11) is 1.33. The molecule has 0 saturated carbocycles. The van der Waals surface area contributed by atoms with Crippen LogP contribution < -0.4 is 10.6 Å². The second-order valence-electron chi connectivity index (χ2n) is 9.19. The van der Waals surface area contributed by atoms with Crippen molar-refractivity contribution in [1.82, 2.24) is 0 Å². The summed E-state index contributed by atoms with van der Waals surface area (Å²) in [5.41, 5.74) is 3.00. The summed E-state index contributed by atoms with van der Waals surface area (Å²) < 4.78 is 0. The van der Waals surface area contributed by atoms with Gasteiger partial charge in [-0.05, 0) is 56.0 Å². The lowest BCUT2D eigenvalue weighted by Gasteiger charge is -2.06. The van der Waals surface area contributed by atoms with E-state index in [0.717, 1.165) is 0 Å². The molecular weight excluding hydrogens is 391 g/mol. The van der Waals surface area contributed by atoms with Crippen LogP contribution in [0.3, 0.4) is 0 Å². The molecule has 0 N–H and O–H groups in total. The smallest absolute Gasteiger partial charge is 0.0100 e. The Morgan fingerprint density at radius 3 is 1.10 bits per heavy atom. The predicted molar refractivity (Wildman–Crippen MR) is 142 cm³/mol. The van der Waals surface area contributed by atoms with E-state index in [1.54, 1.807) is 0 Å². The largest absolute Gasteiger partial charge is 0.0654 e. The van der Waals surface area contributed by atoms with Crippen LogP contribution in [0.1, 0.15) is 115 Å². The van der Waals surface area contributed by atoms with Crippen molar-refractivity contribution in [3.63, 3.8) is 0 Å². The van der Waals surface area contributed by atoms with Crippen LogP contribution in [-0.4, -0.2) is 0 Å². The van der Waals surface area contributed by atoms with Gasteiger partial charge in [-0.1, -0.05) is 139 Å². The first-order valence-electron chi connectivity index (χ1n) is 13.2. The second-order valence-corrected chi connectivity index (χ2v) is 10.4. The van der Waals surface area contributed by atoms with E-state index in [2.05, 4.69) is 62.4 Å². The monoisotopic (exact) mass is 437 g/mol. The van der Waals surface area contributed by atoms with Gasteiger partial charge in [-0.25, -0.2) is 0 Å². The summed E-state index contributed by atoms with van der Waals surface area (Å²) in [5.74, 6) is 0. The maximum absolute atomic E-state index is 2.34. The molecule has 1 heteroatoms. The third-order valence-electron chi connectivity index (χ3n) is 6.27. The van der Waals surface area contributed by atoms with Gasteiger partial charge in [0.1, 0.15) is 0 Å². The lowest BCUT2D eigenvalue weighted by molar-refractivity contribution is 0.589. The molecule has 0 aromatic heterocycles. The van der Waals surface area contributed by atoms with Crippen LogP contribution in [0.5, 0.6) is 0 Å². The Balaban J connectivity index is 1.61. The predicted octanol–water partition coefficient (Wildman–Crippen LogP) is 9.17. The zero-order valence-electron chi connectivity index (χ0n) is 20.4. The molecule has 2 rings (SSSR count). The third-order valence-corrected chi connectivity index (χ3v) is 7.38. The van der Waals surface area contributed by atoms with E-state index in [9.17, 15) is 0 Å². The first-order valence-corrected chi connectivity index (χ1v) is 14.1. The lowest BCUT2D eigenvalue weighted by atomic mass is 10.0. The molecule has 171 valence electrons. The van der Waals surface area contributed by atoms with E-state index < -0.39 is 0 Å². The summed E-state index contributed by atoms with van der Waals surface area (Å²) in [6, 6.07) is 18.7. The quantitative estimate of drug-likeness (QED) is 0.161. The number of aryl methyl sites for hydroxylation is 2. The van der Waals surface area contributed by atoms with E-state index in [1.807, 2.05) is 0 Å². The number of benzene rings is 2. The zero-order chi connectivity index (χ0) is 22.0. The molecule has 0 aliphatic rings. The van der Waals surface area contributed by atoms with Gasteiger partial charge in [-0.2, -0.15) is 0 Å². The van der Waals surface area contributed by atoms with Crippen LogP contribution in [0.15, 0.2) is 48.5 Å². The Kier molecular flexibility index (Phi) is 14.7. The van der Waals surface area contributed by atoms with Crippen molar-refractivity contribution >= 4 is 19.2 Å². The van der Waals surface area contributed by atoms with Crippen LogP contribution in [0, 0.1) is 0 Å². The molecule has 0 atom stereocenters. The van der Waals surface area contributed by atoms with Gasteiger partial charge in [-0.15, -0.1) is 0 Å². The van der Waals surface area contributed by atoms with Crippen molar-refractivity contribution in [3.8, 4) is 0 Å². The molecule has 31 heavy (non-hydrogen) atoms. The summed E-state index contributed by atoms with van der Waals surface area (Å²) in [6.45, 7) is 4.58. The normalized spacial score (nSPS) is 11.2. The maximum atomic E-state index is 2.34. The van der Waals surface area contributed by atoms with Gasteiger partial charge in [-0.3, -0.25) is 0 Å². The van der Waals surface area contributed by atoms with Crippen LogP contribution in [0.25, 0.3) is 0 Å². The summed E-state index contributed by atoms with van der Waals surface area (Å²) in [6.07, 6.45) is 21.9. The molecule has 2 aromatic rings. The Morgan fingerprint density at radius 2 is 0.742 bits per heavy atom. The molecule has 0 heterocycles. The fourth-order valence-electron chi connectivity index (χ4n) is 4.20. The molecule has 1 radical (unpaired) electrons. The highest BCUT2D eigenvalue weighted by Crippen LogP contribution is 2.16. The first-order chi connectivity index (χ1) is 15.3. The van der Waals surface area contributed by atoms with E-state index in [4.69, 9.17) is 0 Å². The number of rotatable bonds is 18. The van der Waals surface area contributed by atoms with Gasteiger partial charge in [0.25, 0.3) is 0 Å². The molecular formula is C30H46P. The molecule has 0 nitrogen and oxygen atoms in total. The molecule has 0 bridgehead atoms. The van der Waals surface area contributed by atoms with Gasteiger partial charge < -0.3 is 0 Å². The number of hydrogen-bond acceptors (Lipinski definition) is 0. The van der Waals surface area contributed by atoms with Crippen LogP contribution in [0.4, 0.5) is 0 Å². The maximum Gasteiger partial charge on any atom is -0.0100 e. The third kappa shape index (κ3) is 12.5. The van der Waals surface area contributed by atoms with E-state index in [-0.39, 0.29) is 0 Å². The lowest BCUT2D eigenvalue weighted by Crippen LogP contribution is -2.04. The molecule has 0 amide bonds. The molecule has 0 fully saturated rings. The van der Waals surface area contributed by atoms with Gasteiger partial charge in [0.05, 0.1) is 0 Å². The second kappa shape index (κ2) is 17.4. The minimum Gasteiger partial charge on any atom is -0.0654 e. The standard InChI is InChI=1S/C30H46P/c1-3-5-7-9-11-13-15-17-27-19-23-29(24-20-27)31-30-25-21-28(22-26-30)18-16-14-12-10-8-6-4-2/h19-26H,3-18H2,1-2H3. The van der Waals surface area contributed by atoms with E-state index in [0.29, 0.717) is 0 Å². The minimum absolute atomic E-state index is 1.23. The minimum atomic E-state index is 1.23. The summed E-state index contributed by atoms with van der Waals surface area (Å²) in [4.78, 5) is 0. The summed E-state index contributed by atoms with van der Waals surface area (Å²) >= 11 is 0. The SMILES string of the molecule is CCCCCCCCCc1ccc([P]c2ccc(CCCCCCCCC)cc2)cc1. The molecule has 0 saturated heterocycles. The van der Waals surface area contributed by atoms with Crippen LogP contribution in [-0.2, 0) is 12.8 Å². The van der Waals surface area contributed by atoms with Crippen LogP contribution >= 0.6 is 8.58 Å². The van der Waals surface area contributed by atoms with Crippen molar-refractivity contribution in [2.24, 2.45) is 0 Å². The first kappa shape index (κ1) is 26.1. The van der Waals surface area contributed by atoms with Crippen molar-refractivity contribution < 1.29 is 0 Å². The van der Waals surface area contributed by atoms with Gasteiger partial charge in [0.2, 0.25) is 0 Å². The van der Waals surface area contributed by atoms with E-state index >= 15 is 0 Å². The van der Waals surface area contributed by atoms with Crippen LogP contribution in [0.2, 0.25) is 0 Å². The Hall–Kier alpha value is -1.13. The average Bonchev–Trinajstić information content (AvgIpc) is 2.80. The fraction of sp³-hybridized carbons (Fsp3) is 0.600. The van der Waals surface area contributed by atoms with Crippen molar-refractivity contribution in [1.29, 1.82) is 0 Å². The van der Waals surface area contributed by atoms with Gasteiger partial charge in [0, 0.05) is 0 Å². The Morgan fingerprint density at radius 1 is 0.419 bits per heavy atom. The van der Waals surface area contributed by atoms with Crippen molar-refractivity contribution in [3.05, 3.63) is 59.7 Å². The Labute approximate surface area is 195 Å². The van der Waals surface area contributed by atoms with E-state index in [1.165, 1.54) is 133 Å². The zero-order valence-corrected chi connectivity index (χ0v) is 21.3. The fourth-order valence-corrected chi connectivity index (χ4v) is 5.09. The highest BCUT2D eigenvalue weighted by atomic mass is 31.1. The number of hydrogen-bond donors (Lipinski definition) is 0. The molecule has 0 unspecified atom stereocenters. The molecule has 0 spiro atoms. The highest BCUT2D eigenvalue weighted by Gasteiger charge is 2.01. The molecule has 0 aliphatic heterocycles. The summed E-state index contributed by atoms with van der Waals surface area (Å²) in [5, 5.41) is 2.81. The average molecular weight is 438 g/mol. The topological polar surface area (TPSA) is 0 Å². The molecule has 0 aliphatic carbocycles. The van der Waals surface area contributed by atoms with Gasteiger partial charge in [0.15, 0.2) is 0 Å². The Bertz CT molecular complexity index is 596. The number of unbranched alkanes of at least 4 members (excludes halogenated alkanes) is 12. The van der Waals surface area contributed by atoms with Gasteiger partial charge >= 0.3 is 0 Å². The molecule has 2 aromatic carbocycles. The van der Waals surface area contributed by atoms with Crippen molar-refractivity contribution in [2.75, 3.05) is 0 Å². The highest BCUT2D eigenvalue weighted by molar-refractivity contribution is 7.55. The van der Waals surface area contributed by atoms with Crippen molar-refractivity contribution in [2.45, 2.75) is 117 Å².